The molecule has 0 fully saturated rings. The fourth-order valence-electron chi connectivity index (χ4n) is 0.678. The van der Waals surface area contributed by atoms with Gasteiger partial charge in [0.1, 0.15) is 0 Å². The second-order valence-electron chi connectivity index (χ2n) is 1.65. The first-order chi connectivity index (χ1) is 3.00. The Labute approximate surface area is 76.1 Å². The Morgan fingerprint density at radius 3 is 2.12 bits per heavy atom. The zero-order chi connectivity index (χ0) is 4.24. The second kappa shape index (κ2) is 7.79. The molecule has 0 heterocycles. The van der Waals surface area contributed by atoms with Gasteiger partial charge in [0.05, 0.1) is 0 Å². The number of rotatable bonds is 0. The van der Waals surface area contributed by atoms with Gasteiger partial charge in [-0.1, -0.05) is 19.3 Å². The maximum atomic E-state index is 3.16. The van der Waals surface area contributed by atoms with Crippen LogP contribution < -0.4 is 0 Å². The number of allylic oxidation sites excluding steroid dienone is 2. The molecule has 8 heavy (non-hydrogen) atoms. The van der Waals surface area contributed by atoms with Crippen LogP contribution in [-0.2, 0) is 0 Å². The number of hydrogen-bond acceptors (Lipinski definition) is 0. The van der Waals surface area contributed by atoms with Gasteiger partial charge >= 0.3 is 31.1 Å². The molecule has 0 aromatic heterocycles. The van der Waals surface area contributed by atoms with Crippen LogP contribution in [0.25, 0.3) is 0 Å². The quantitative estimate of drug-likeness (QED) is 0.597. The first-order valence-electron chi connectivity index (χ1n) is 2.55. The van der Waals surface area contributed by atoms with E-state index in [1.54, 1.807) is 0 Å². The molecule has 0 saturated carbocycles. The minimum Gasteiger partial charge on any atom is -0.501 e. The first kappa shape index (κ1) is 11.6. The van der Waals surface area contributed by atoms with Gasteiger partial charge < -0.3 is 13.5 Å². The predicted octanol–water partition coefficient (Wildman–Crippen LogP) is 2.37. The summed E-state index contributed by atoms with van der Waals surface area (Å²) >= 11 is 0. The van der Waals surface area contributed by atoms with Gasteiger partial charge in [0.25, 0.3) is 0 Å². The summed E-state index contributed by atoms with van der Waals surface area (Å²) in [6, 6.07) is 0. The van der Waals surface area contributed by atoms with Gasteiger partial charge in [-0.25, -0.2) is 0 Å². The molecule has 0 radical (unpaired) electrons. The fourth-order valence-corrected chi connectivity index (χ4v) is 0.678. The van der Waals surface area contributed by atoms with Crippen molar-refractivity contribution < 1.29 is 31.1 Å². The molecule has 0 spiro atoms. The summed E-state index contributed by atoms with van der Waals surface area (Å²) in [5.41, 5.74) is 0. The summed E-state index contributed by atoms with van der Waals surface area (Å²) in [4.78, 5) is 0. The van der Waals surface area contributed by atoms with Crippen molar-refractivity contribution in [2.24, 2.45) is 0 Å². The maximum Gasteiger partial charge on any atom is 2.00 e. The van der Waals surface area contributed by atoms with Crippen LogP contribution >= 0.6 is 0 Å². The molecule has 1 heteroatoms. The average molecular weight is 334 g/mol. The molecule has 1 rings (SSSR count). The molecule has 0 nitrogen and oxygen atoms in total. The van der Waals surface area contributed by atoms with E-state index in [1.165, 1.54) is 25.7 Å². The normalized spacial score (nSPS) is 16.0. The Morgan fingerprint density at radius 2 is 2.00 bits per heavy atom. The minimum absolute atomic E-state index is 0. The van der Waals surface area contributed by atoms with Crippen LogP contribution in [0, 0.1) is 44.6 Å². The van der Waals surface area contributed by atoms with Crippen molar-refractivity contribution in [2.75, 3.05) is 0 Å². The monoisotopic (exact) mass is 334 g/mol. The molecule has 0 aromatic carbocycles. The van der Waals surface area contributed by atoms with E-state index in [0.717, 1.165) is 0 Å². The van der Waals surface area contributed by atoms with Crippen LogP contribution in [0.2, 0.25) is 0 Å². The third-order valence-corrected chi connectivity index (χ3v) is 1.06. The van der Waals surface area contributed by atoms with E-state index in [2.05, 4.69) is 12.2 Å². The van der Waals surface area contributed by atoms with Gasteiger partial charge in [0.15, 0.2) is 0 Å². The van der Waals surface area contributed by atoms with Crippen LogP contribution in [0.3, 0.4) is 0 Å². The van der Waals surface area contributed by atoms with Crippen molar-refractivity contribution in [3.05, 3.63) is 19.6 Å². The van der Waals surface area contributed by atoms with E-state index in [9.17, 15) is 0 Å². The molecular weight excluding hydrogens is 322 g/mol. The van der Waals surface area contributed by atoms with Gasteiger partial charge in [-0.2, -0.15) is 6.42 Å². The van der Waals surface area contributed by atoms with Crippen LogP contribution in [0.4, 0.5) is 0 Å². The van der Waals surface area contributed by atoms with Gasteiger partial charge in [0, 0.05) is 0 Å². The summed E-state index contributed by atoms with van der Waals surface area (Å²) < 4.78 is 0. The smallest absolute Gasteiger partial charge is 0.501 e. The molecule has 1 aliphatic carbocycles. The molecular formula is C7H12U. The molecule has 0 bridgehead atoms. The van der Waals surface area contributed by atoms with E-state index < -0.39 is 0 Å². The molecule has 0 saturated heterocycles. The zero-order valence-corrected chi connectivity index (χ0v) is 9.57. The Kier molecular flexibility index (Phi) is 11.3. The van der Waals surface area contributed by atoms with Crippen LogP contribution in [-0.4, -0.2) is 0 Å². The number of hydrogen-bond donors (Lipinski definition) is 0. The van der Waals surface area contributed by atoms with Crippen LogP contribution in [0.15, 0.2) is 6.08 Å². The van der Waals surface area contributed by atoms with Crippen molar-refractivity contribution in [1.82, 2.24) is 0 Å². The van der Waals surface area contributed by atoms with E-state index >= 15 is 0 Å². The van der Waals surface area contributed by atoms with E-state index in [4.69, 9.17) is 0 Å². The summed E-state index contributed by atoms with van der Waals surface area (Å²) in [6.45, 7) is 0. The summed E-state index contributed by atoms with van der Waals surface area (Å²) in [5.74, 6) is 0. The van der Waals surface area contributed by atoms with Crippen molar-refractivity contribution >= 4 is 0 Å². The molecule has 0 atom stereocenters. The molecule has 0 amide bonds. The average Bonchev–Trinajstić information content (AvgIpc) is 1.72. The SMILES string of the molecule is [C-]1=CCCCC1.[CH3-].[U+2]. The maximum absolute atomic E-state index is 3.16. The second-order valence-corrected chi connectivity index (χ2v) is 1.65. The fraction of sp³-hybridized carbons (Fsp3) is 0.571. The van der Waals surface area contributed by atoms with E-state index in [0.29, 0.717) is 0 Å². The topological polar surface area (TPSA) is 0 Å². The zero-order valence-electron chi connectivity index (χ0n) is 5.41. The third-order valence-electron chi connectivity index (χ3n) is 1.06. The molecule has 0 aromatic rings. The Bertz CT molecular complexity index is 49.4. The van der Waals surface area contributed by atoms with Crippen LogP contribution in [0.1, 0.15) is 25.7 Å². The summed E-state index contributed by atoms with van der Waals surface area (Å²) in [7, 11) is 0. The standard InChI is InChI=1S/C6H9.CH3.U/c1-2-4-6-5-3-1;;/h1H,2,4-6H2;1H3;/q2*-1;+2. The molecule has 44 valence electrons. The molecule has 0 aliphatic heterocycles. The van der Waals surface area contributed by atoms with Gasteiger partial charge in [-0.05, 0) is 0 Å². The first-order valence-corrected chi connectivity index (χ1v) is 2.55. The minimum atomic E-state index is 0. The van der Waals surface area contributed by atoms with E-state index in [1.807, 2.05) is 0 Å². The van der Waals surface area contributed by atoms with Crippen LogP contribution in [0.5, 0.6) is 0 Å². The van der Waals surface area contributed by atoms with E-state index in [-0.39, 0.29) is 38.5 Å². The molecule has 0 N–H and O–H groups in total. The van der Waals surface area contributed by atoms with Gasteiger partial charge in [-0.3, -0.25) is 6.08 Å². The van der Waals surface area contributed by atoms with Gasteiger partial charge in [-0.15, -0.1) is 0 Å². The van der Waals surface area contributed by atoms with Gasteiger partial charge in [0.2, 0.25) is 0 Å². The predicted molar refractivity (Wildman–Crippen MR) is 32.7 cm³/mol. The Balaban J connectivity index is 0. The van der Waals surface area contributed by atoms with Crippen molar-refractivity contribution in [3.8, 4) is 0 Å². The Hall–Kier alpha value is 0.792. The summed E-state index contributed by atoms with van der Waals surface area (Å²) in [5, 5.41) is 0. The van der Waals surface area contributed by atoms with Crippen molar-refractivity contribution in [1.29, 1.82) is 0 Å². The third kappa shape index (κ3) is 4.94. The molecule has 0 unspecified atom stereocenters. The molecule has 1 aliphatic rings. The van der Waals surface area contributed by atoms with Crippen molar-refractivity contribution in [3.63, 3.8) is 0 Å². The summed E-state index contributed by atoms with van der Waals surface area (Å²) in [6.07, 6.45) is 10.5. The van der Waals surface area contributed by atoms with Crippen molar-refractivity contribution in [2.45, 2.75) is 25.7 Å². The Morgan fingerprint density at radius 1 is 1.25 bits per heavy atom. The largest absolute Gasteiger partial charge is 2.00 e.